The molecule has 7 heteroatoms. The maximum atomic E-state index is 13.6. The van der Waals surface area contributed by atoms with Gasteiger partial charge in [-0.3, -0.25) is 4.79 Å². The van der Waals surface area contributed by atoms with E-state index in [2.05, 4.69) is 29.6 Å². The fourth-order valence-corrected chi connectivity index (χ4v) is 6.59. The summed E-state index contributed by atoms with van der Waals surface area (Å²) in [6, 6.07) is 16.2. The second-order valence-electron chi connectivity index (χ2n) is 10.1. The third-order valence-electron chi connectivity index (χ3n) is 8.53. The molecule has 3 fully saturated rings. The zero-order valence-electron chi connectivity index (χ0n) is 19.0. The Morgan fingerprint density at radius 2 is 1.53 bits per heavy atom. The van der Waals surface area contributed by atoms with Crippen molar-refractivity contribution in [2.75, 3.05) is 6.61 Å². The minimum Gasteiger partial charge on any atom is -0.479 e. The van der Waals surface area contributed by atoms with Crippen LogP contribution in [-0.2, 0) is 14.3 Å². The van der Waals surface area contributed by atoms with Gasteiger partial charge in [0.15, 0.2) is 0 Å². The van der Waals surface area contributed by atoms with Crippen LogP contribution in [0.15, 0.2) is 48.5 Å². The van der Waals surface area contributed by atoms with Gasteiger partial charge in [-0.15, -0.1) is 0 Å². The largest absolute Gasteiger partial charge is 0.479 e. The van der Waals surface area contributed by atoms with E-state index in [0.29, 0.717) is 38.5 Å². The Hall–Kier alpha value is -3.35. The molecule has 0 unspecified atom stereocenters. The minimum atomic E-state index is -1.12. The highest BCUT2D eigenvalue weighted by molar-refractivity contribution is 5.96. The number of nitrogens with one attached hydrogen (secondary N) is 1. The highest BCUT2D eigenvalue weighted by atomic mass is 16.5. The molecule has 1 saturated carbocycles. The highest BCUT2D eigenvalue weighted by Gasteiger charge is 2.62. The van der Waals surface area contributed by atoms with E-state index >= 15 is 0 Å². The number of hydrogen-bond acceptors (Lipinski definition) is 4. The standard InChI is InChI=1S/C27H28N2O5/c30-23(29-17-10-14-27(29,15-11-17)24(31)32)26(12-5-13-26)28-25(33)34-16-22-20-8-3-1-6-18(20)19-7-2-4-9-21(19)22/h1-4,6-9,17,22H,5,10-16H2,(H,28,33)(H,31,32). The van der Waals surface area contributed by atoms with Crippen LogP contribution in [0.2, 0.25) is 0 Å². The molecule has 6 rings (SSSR count). The summed E-state index contributed by atoms with van der Waals surface area (Å²) in [6.45, 7) is 0.176. The number of alkyl carbamates (subject to hydrolysis) is 1. The van der Waals surface area contributed by atoms with Gasteiger partial charge in [-0.2, -0.15) is 0 Å². The molecule has 2 aliphatic carbocycles. The number of amides is 2. The van der Waals surface area contributed by atoms with Crippen molar-refractivity contribution < 1.29 is 24.2 Å². The van der Waals surface area contributed by atoms with Gasteiger partial charge in [0.2, 0.25) is 5.91 Å². The molecule has 176 valence electrons. The molecule has 2 amide bonds. The van der Waals surface area contributed by atoms with Crippen molar-refractivity contribution in [1.82, 2.24) is 10.2 Å². The van der Waals surface area contributed by atoms with Gasteiger partial charge >= 0.3 is 12.1 Å². The van der Waals surface area contributed by atoms with Gasteiger partial charge in [0, 0.05) is 12.0 Å². The Kier molecular flexibility index (Phi) is 4.73. The summed E-state index contributed by atoms with van der Waals surface area (Å²) in [6.07, 6.45) is 3.60. The Morgan fingerprint density at radius 3 is 2.06 bits per heavy atom. The number of carboxylic acids is 1. The number of rotatable bonds is 5. The van der Waals surface area contributed by atoms with Crippen LogP contribution >= 0.6 is 0 Å². The fraction of sp³-hybridized carbons (Fsp3) is 0.444. The first-order valence-electron chi connectivity index (χ1n) is 12.2. The predicted octanol–water partition coefficient (Wildman–Crippen LogP) is 4.06. The van der Waals surface area contributed by atoms with Crippen molar-refractivity contribution in [2.45, 2.75) is 68.0 Å². The van der Waals surface area contributed by atoms with Crippen molar-refractivity contribution >= 4 is 18.0 Å². The van der Waals surface area contributed by atoms with Crippen LogP contribution in [-0.4, -0.2) is 51.7 Å². The van der Waals surface area contributed by atoms with Crippen LogP contribution in [0.1, 0.15) is 62.0 Å². The van der Waals surface area contributed by atoms with Gasteiger partial charge in [-0.1, -0.05) is 48.5 Å². The molecule has 0 radical (unpaired) electrons. The molecule has 2 aliphatic heterocycles. The second-order valence-corrected chi connectivity index (χ2v) is 10.1. The number of aliphatic carboxylic acids is 1. The van der Waals surface area contributed by atoms with Crippen LogP contribution in [0.4, 0.5) is 4.79 Å². The number of carboxylic acid groups (broad SMARTS) is 1. The van der Waals surface area contributed by atoms with E-state index in [1.54, 1.807) is 4.90 Å². The lowest BCUT2D eigenvalue weighted by Crippen LogP contribution is -2.67. The van der Waals surface area contributed by atoms with Crippen molar-refractivity contribution in [1.29, 1.82) is 0 Å². The topological polar surface area (TPSA) is 95.9 Å². The highest BCUT2D eigenvalue weighted by Crippen LogP contribution is 2.50. The van der Waals surface area contributed by atoms with Crippen molar-refractivity contribution in [3.8, 4) is 11.1 Å². The number of fused-ring (bicyclic) bond motifs is 5. The molecule has 2 N–H and O–H groups in total. The quantitative estimate of drug-likeness (QED) is 0.702. The molecule has 2 aromatic carbocycles. The average molecular weight is 461 g/mol. The molecule has 2 aromatic rings. The molecular formula is C27H28N2O5. The fourth-order valence-electron chi connectivity index (χ4n) is 6.59. The SMILES string of the molecule is O=C(NC1(C(=O)N2C3CCC2(C(=O)O)CC3)CCC1)OCC1c2ccccc2-c2ccccc21. The summed E-state index contributed by atoms with van der Waals surface area (Å²) in [7, 11) is 0. The van der Waals surface area contributed by atoms with Gasteiger partial charge < -0.3 is 20.1 Å². The van der Waals surface area contributed by atoms with E-state index < -0.39 is 23.1 Å². The number of benzene rings is 2. The van der Waals surface area contributed by atoms with E-state index in [1.165, 1.54) is 0 Å². The van der Waals surface area contributed by atoms with Crippen LogP contribution in [0.5, 0.6) is 0 Å². The van der Waals surface area contributed by atoms with Gasteiger partial charge in [0.25, 0.3) is 0 Å². The first-order valence-corrected chi connectivity index (χ1v) is 12.2. The Balaban J connectivity index is 1.18. The molecule has 7 nitrogen and oxygen atoms in total. The zero-order chi connectivity index (χ0) is 23.5. The van der Waals surface area contributed by atoms with Crippen molar-refractivity contribution in [3.05, 3.63) is 59.7 Å². The van der Waals surface area contributed by atoms with Crippen LogP contribution < -0.4 is 5.32 Å². The predicted molar refractivity (Wildman–Crippen MR) is 124 cm³/mol. The molecule has 2 heterocycles. The summed E-state index contributed by atoms with van der Waals surface area (Å²) < 4.78 is 5.69. The van der Waals surface area contributed by atoms with Crippen LogP contribution in [0, 0.1) is 0 Å². The van der Waals surface area contributed by atoms with Gasteiger partial charge in [-0.05, 0) is 67.2 Å². The lowest BCUT2D eigenvalue weighted by molar-refractivity contribution is -0.159. The van der Waals surface area contributed by atoms with E-state index in [0.717, 1.165) is 28.7 Å². The monoisotopic (exact) mass is 460 g/mol. The van der Waals surface area contributed by atoms with Crippen LogP contribution in [0.3, 0.4) is 0 Å². The van der Waals surface area contributed by atoms with E-state index in [4.69, 9.17) is 4.74 Å². The van der Waals surface area contributed by atoms with E-state index in [9.17, 15) is 19.5 Å². The zero-order valence-corrected chi connectivity index (χ0v) is 19.0. The third kappa shape index (κ3) is 2.92. The molecule has 34 heavy (non-hydrogen) atoms. The number of carbonyl (C=O) groups excluding carboxylic acids is 2. The lowest BCUT2D eigenvalue weighted by atomic mass is 9.75. The second kappa shape index (κ2) is 7.58. The Morgan fingerprint density at radius 1 is 0.941 bits per heavy atom. The van der Waals surface area contributed by atoms with Gasteiger partial charge in [0.1, 0.15) is 17.7 Å². The molecule has 2 bridgehead atoms. The molecule has 4 aliphatic rings. The van der Waals surface area contributed by atoms with Crippen LogP contribution in [0.25, 0.3) is 11.1 Å². The number of ether oxygens (including phenoxy) is 1. The third-order valence-corrected chi connectivity index (χ3v) is 8.53. The Labute approximate surface area is 198 Å². The molecule has 2 saturated heterocycles. The summed E-state index contributed by atoms with van der Waals surface area (Å²) in [4.78, 5) is 40.2. The first-order chi connectivity index (χ1) is 16.5. The summed E-state index contributed by atoms with van der Waals surface area (Å²) in [5, 5.41) is 12.8. The number of hydrogen-bond donors (Lipinski definition) is 2. The van der Waals surface area contributed by atoms with Crippen molar-refractivity contribution in [3.63, 3.8) is 0 Å². The minimum absolute atomic E-state index is 0.0506. The first kappa shape index (κ1) is 21.2. The van der Waals surface area contributed by atoms with Gasteiger partial charge in [-0.25, -0.2) is 9.59 Å². The lowest BCUT2D eigenvalue weighted by Gasteiger charge is -2.45. The molecule has 0 aromatic heterocycles. The van der Waals surface area contributed by atoms with Crippen molar-refractivity contribution in [2.24, 2.45) is 0 Å². The number of carbonyl (C=O) groups is 3. The summed E-state index contributed by atoms with van der Waals surface area (Å²) in [5.74, 6) is -1.25. The molecule has 0 spiro atoms. The summed E-state index contributed by atoms with van der Waals surface area (Å²) >= 11 is 0. The average Bonchev–Trinajstić information content (AvgIpc) is 3.48. The maximum Gasteiger partial charge on any atom is 0.408 e. The maximum absolute atomic E-state index is 13.6. The normalized spacial score (nSPS) is 25.9. The summed E-state index contributed by atoms with van der Waals surface area (Å²) in [5.41, 5.74) is 2.39. The van der Waals surface area contributed by atoms with Gasteiger partial charge in [0.05, 0.1) is 0 Å². The molecular weight excluding hydrogens is 432 g/mol. The molecule has 0 atom stereocenters. The smallest absolute Gasteiger partial charge is 0.408 e. The van der Waals surface area contributed by atoms with E-state index in [-0.39, 0.29) is 24.5 Å². The Bertz CT molecular complexity index is 1130. The van der Waals surface area contributed by atoms with E-state index in [1.807, 2.05) is 24.3 Å². The number of nitrogens with zero attached hydrogens (tertiary/aromatic N) is 1.